The van der Waals surface area contributed by atoms with Crippen LogP contribution < -0.4 is 9.80 Å². The average Bonchev–Trinajstić information content (AvgIpc) is 2.58. The van der Waals surface area contributed by atoms with Gasteiger partial charge in [-0.2, -0.15) is 13.2 Å². The van der Waals surface area contributed by atoms with Crippen LogP contribution in [0.4, 0.5) is 24.5 Å². The molecule has 5 nitrogen and oxygen atoms in total. The molecule has 2 aromatic heterocycles. The van der Waals surface area contributed by atoms with E-state index in [9.17, 15) is 18.3 Å². The van der Waals surface area contributed by atoms with Crippen molar-refractivity contribution in [3.8, 4) is 0 Å². The third kappa shape index (κ3) is 3.23. The van der Waals surface area contributed by atoms with Crippen molar-refractivity contribution < 1.29 is 18.3 Å². The third-order valence-electron chi connectivity index (χ3n) is 6.64. The van der Waals surface area contributed by atoms with Gasteiger partial charge in [0.2, 0.25) is 0 Å². The SMILES string of the molecule is OC(c1cnccc1N1CCC1)C1CC2(C1)CN(c1ccc(C(F)(F)F)nc1)C2. The first-order valence-corrected chi connectivity index (χ1v) is 10.00. The highest BCUT2D eigenvalue weighted by atomic mass is 19.4. The van der Waals surface area contributed by atoms with E-state index in [1.807, 2.05) is 6.07 Å². The normalized spacial score (nSPS) is 22.1. The predicted octanol–water partition coefficient (Wildman–Crippen LogP) is 3.66. The molecule has 1 N–H and O–H groups in total. The van der Waals surface area contributed by atoms with Crippen molar-refractivity contribution in [1.82, 2.24) is 9.97 Å². The molecule has 0 bridgehead atoms. The van der Waals surface area contributed by atoms with E-state index >= 15 is 0 Å². The average molecular weight is 404 g/mol. The topological polar surface area (TPSA) is 52.5 Å². The van der Waals surface area contributed by atoms with Crippen LogP contribution >= 0.6 is 0 Å². The summed E-state index contributed by atoms with van der Waals surface area (Å²) in [7, 11) is 0. The number of aromatic nitrogens is 2. The Kier molecular flexibility index (Phi) is 4.24. The summed E-state index contributed by atoms with van der Waals surface area (Å²) >= 11 is 0. The number of rotatable bonds is 4. The second kappa shape index (κ2) is 6.58. The zero-order valence-electron chi connectivity index (χ0n) is 15.9. The number of nitrogens with zero attached hydrogens (tertiary/aromatic N) is 4. The fourth-order valence-corrected chi connectivity index (χ4v) is 4.95. The number of alkyl halides is 3. The maximum absolute atomic E-state index is 12.7. The molecule has 4 heterocycles. The van der Waals surface area contributed by atoms with E-state index in [0.29, 0.717) is 0 Å². The molecule has 154 valence electrons. The summed E-state index contributed by atoms with van der Waals surface area (Å²) in [5, 5.41) is 10.9. The van der Waals surface area contributed by atoms with Crippen LogP contribution in [0.3, 0.4) is 0 Å². The maximum Gasteiger partial charge on any atom is 0.433 e. The van der Waals surface area contributed by atoms with Gasteiger partial charge in [0.15, 0.2) is 0 Å². The van der Waals surface area contributed by atoms with Gasteiger partial charge in [0.05, 0.1) is 18.0 Å². The van der Waals surface area contributed by atoms with E-state index < -0.39 is 18.0 Å². The quantitative estimate of drug-likeness (QED) is 0.843. The van der Waals surface area contributed by atoms with Crippen LogP contribution in [0.1, 0.15) is 36.6 Å². The summed E-state index contributed by atoms with van der Waals surface area (Å²) in [6, 6.07) is 4.50. The minimum Gasteiger partial charge on any atom is -0.388 e. The largest absolute Gasteiger partial charge is 0.433 e. The van der Waals surface area contributed by atoms with Crippen LogP contribution in [0.2, 0.25) is 0 Å². The molecule has 2 aromatic rings. The lowest BCUT2D eigenvalue weighted by molar-refractivity contribution is -0.141. The van der Waals surface area contributed by atoms with Gasteiger partial charge in [0.25, 0.3) is 0 Å². The van der Waals surface area contributed by atoms with Gasteiger partial charge in [0.1, 0.15) is 5.69 Å². The fraction of sp³-hybridized carbons (Fsp3) is 0.524. The van der Waals surface area contributed by atoms with Crippen molar-refractivity contribution in [1.29, 1.82) is 0 Å². The second-order valence-corrected chi connectivity index (χ2v) is 8.64. The van der Waals surface area contributed by atoms with Crippen LogP contribution in [-0.4, -0.2) is 41.3 Å². The Morgan fingerprint density at radius 3 is 2.41 bits per heavy atom. The van der Waals surface area contributed by atoms with Crippen LogP contribution in [0.5, 0.6) is 0 Å². The summed E-state index contributed by atoms with van der Waals surface area (Å²) in [5.74, 6) is 0.201. The van der Waals surface area contributed by atoms with E-state index in [2.05, 4.69) is 19.8 Å². The summed E-state index contributed by atoms with van der Waals surface area (Å²) in [5.41, 5.74) is 2.02. The fourth-order valence-electron chi connectivity index (χ4n) is 4.95. The van der Waals surface area contributed by atoms with Crippen LogP contribution in [-0.2, 0) is 6.18 Å². The molecule has 8 heteroatoms. The first kappa shape index (κ1) is 18.7. The zero-order valence-corrected chi connectivity index (χ0v) is 15.9. The molecule has 1 saturated carbocycles. The van der Waals surface area contributed by atoms with Crippen molar-refractivity contribution >= 4 is 11.4 Å². The molecular weight excluding hydrogens is 381 g/mol. The van der Waals surface area contributed by atoms with Crippen molar-refractivity contribution in [3.05, 3.63) is 48.0 Å². The first-order valence-electron chi connectivity index (χ1n) is 10.00. The summed E-state index contributed by atoms with van der Waals surface area (Å²) < 4.78 is 38.0. The monoisotopic (exact) mass is 404 g/mol. The Balaban J connectivity index is 1.19. The highest BCUT2D eigenvalue weighted by molar-refractivity contribution is 5.55. The second-order valence-electron chi connectivity index (χ2n) is 8.64. The van der Waals surface area contributed by atoms with Crippen LogP contribution in [0, 0.1) is 11.3 Å². The summed E-state index contributed by atoms with van der Waals surface area (Å²) in [6.07, 6.45) is 2.95. The number of anilines is 2. The molecule has 1 aliphatic carbocycles. The van der Waals surface area contributed by atoms with Gasteiger partial charge in [-0.15, -0.1) is 0 Å². The highest BCUT2D eigenvalue weighted by Gasteiger charge is 2.54. The Labute approximate surface area is 167 Å². The molecular formula is C21H23F3N4O. The van der Waals surface area contributed by atoms with E-state index in [0.717, 1.165) is 62.0 Å². The summed E-state index contributed by atoms with van der Waals surface area (Å²) in [6.45, 7) is 3.65. The zero-order chi connectivity index (χ0) is 20.2. The molecule has 5 rings (SSSR count). The lowest BCUT2D eigenvalue weighted by Gasteiger charge is -2.60. The van der Waals surface area contributed by atoms with Gasteiger partial charge in [0, 0.05) is 55.2 Å². The number of pyridine rings is 2. The van der Waals surface area contributed by atoms with E-state index in [1.165, 1.54) is 18.7 Å². The van der Waals surface area contributed by atoms with Gasteiger partial charge < -0.3 is 14.9 Å². The molecule has 0 aromatic carbocycles. The van der Waals surface area contributed by atoms with Gasteiger partial charge >= 0.3 is 6.18 Å². The number of aliphatic hydroxyl groups is 1. The minimum absolute atomic E-state index is 0.160. The van der Waals surface area contributed by atoms with Gasteiger partial charge in [-0.05, 0) is 43.4 Å². The van der Waals surface area contributed by atoms with Gasteiger partial charge in [-0.1, -0.05) is 0 Å². The van der Waals surface area contributed by atoms with E-state index in [4.69, 9.17) is 0 Å². The summed E-state index contributed by atoms with van der Waals surface area (Å²) in [4.78, 5) is 12.1. The van der Waals surface area contributed by atoms with Gasteiger partial charge in [-0.3, -0.25) is 4.98 Å². The molecule has 3 fully saturated rings. The van der Waals surface area contributed by atoms with Gasteiger partial charge in [-0.25, -0.2) is 4.98 Å². The minimum atomic E-state index is -4.41. The Bertz CT molecular complexity index is 884. The number of aliphatic hydroxyl groups excluding tert-OH is 1. The molecule has 2 saturated heterocycles. The smallest absolute Gasteiger partial charge is 0.388 e. The molecule has 1 spiro atoms. The number of halogens is 3. The van der Waals surface area contributed by atoms with E-state index in [-0.39, 0.29) is 11.3 Å². The van der Waals surface area contributed by atoms with Crippen LogP contribution in [0.25, 0.3) is 0 Å². The molecule has 1 unspecified atom stereocenters. The van der Waals surface area contributed by atoms with E-state index in [1.54, 1.807) is 12.4 Å². The lowest BCUT2D eigenvalue weighted by Crippen LogP contribution is -2.63. The van der Waals surface area contributed by atoms with Crippen molar-refractivity contribution in [2.45, 2.75) is 31.5 Å². The molecule has 0 amide bonds. The van der Waals surface area contributed by atoms with Crippen molar-refractivity contribution in [2.24, 2.45) is 11.3 Å². The Hall–Kier alpha value is -2.35. The molecule has 0 radical (unpaired) electrons. The van der Waals surface area contributed by atoms with Crippen molar-refractivity contribution in [2.75, 3.05) is 36.0 Å². The molecule has 1 atom stereocenters. The standard InChI is InChI=1S/C21H23F3N4O/c22-21(23,24)18-3-2-15(10-26-18)28-12-20(13-28)8-14(9-20)19(29)16-11-25-5-4-17(16)27-6-1-7-27/h2-5,10-11,14,19,29H,1,6-9,12-13H2. The first-order chi connectivity index (χ1) is 13.8. The lowest BCUT2D eigenvalue weighted by atomic mass is 9.55. The Morgan fingerprint density at radius 1 is 1.07 bits per heavy atom. The third-order valence-corrected chi connectivity index (χ3v) is 6.64. The highest BCUT2D eigenvalue weighted by Crippen LogP contribution is 2.57. The Morgan fingerprint density at radius 2 is 1.83 bits per heavy atom. The molecule has 2 aliphatic heterocycles. The number of hydrogen-bond acceptors (Lipinski definition) is 5. The maximum atomic E-state index is 12.7. The van der Waals surface area contributed by atoms with Crippen LogP contribution in [0.15, 0.2) is 36.8 Å². The molecule has 29 heavy (non-hydrogen) atoms. The van der Waals surface area contributed by atoms with Crippen molar-refractivity contribution in [3.63, 3.8) is 0 Å². The number of hydrogen-bond donors (Lipinski definition) is 1. The predicted molar refractivity (Wildman–Crippen MR) is 103 cm³/mol. The molecule has 3 aliphatic rings.